The summed E-state index contributed by atoms with van der Waals surface area (Å²) in [7, 11) is 0. The van der Waals surface area contributed by atoms with Crippen LogP contribution < -0.4 is 0 Å². The molecular weight excluding hydrogens is 901 g/mol. The van der Waals surface area contributed by atoms with Crippen molar-refractivity contribution in [1.29, 1.82) is 0 Å². The van der Waals surface area contributed by atoms with Gasteiger partial charge in [0, 0.05) is 19.3 Å². The highest BCUT2D eigenvalue weighted by molar-refractivity contribution is 5.71. The first-order valence-corrected chi connectivity index (χ1v) is 32.1. The van der Waals surface area contributed by atoms with Gasteiger partial charge in [-0.15, -0.1) is 0 Å². The molecular formula is C67H122O6. The Morgan fingerprint density at radius 3 is 0.836 bits per heavy atom. The summed E-state index contributed by atoms with van der Waals surface area (Å²) in [6, 6.07) is 0. The molecule has 0 aliphatic carbocycles. The van der Waals surface area contributed by atoms with Crippen LogP contribution in [0.3, 0.4) is 0 Å². The largest absolute Gasteiger partial charge is 0.462 e. The number of esters is 3. The van der Waals surface area contributed by atoms with Gasteiger partial charge in [-0.1, -0.05) is 313 Å². The van der Waals surface area contributed by atoms with E-state index in [1.165, 1.54) is 218 Å². The molecule has 6 nitrogen and oxygen atoms in total. The summed E-state index contributed by atoms with van der Waals surface area (Å²) in [5, 5.41) is 0. The smallest absolute Gasteiger partial charge is 0.306 e. The molecule has 1 unspecified atom stereocenters. The molecule has 1 atom stereocenters. The van der Waals surface area contributed by atoms with E-state index in [2.05, 4.69) is 69.4 Å². The molecule has 0 aromatic carbocycles. The topological polar surface area (TPSA) is 78.9 Å². The van der Waals surface area contributed by atoms with Crippen molar-refractivity contribution in [2.45, 2.75) is 348 Å². The monoisotopic (exact) mass is 1020 g/mol. The number of hydrogen-bond acceptors (Lipinski definition) is 6. The normalized spacial score (nSPS) is 12.3. The van der Waals surface area contributed by atoms with Crippen LogP contribution in [0.25, 0.3) is 0 Å². The summed E-state index contributed by atoms with van der Waals surface area (Å²) < 4.78 is 16.9. The van der Waals surface area contributed by atoms with Crippen molar-refractivity contribution in [3.8, 4) is 0 Å². The van der Waals surface area contributed by atoms with E-state index in [-0.39, 0.29) is 31.1 Å². The van der Waals surface area contributed by atoms with Crippen LogP contribution in [0.1, 0.15) is 342 Å². The van der Waals surface area contributed by atoms with Crippen LogP contribution in [0, 0.1) is 0 Å². The highest BCUT2D eigenvalue weighted by atomic mass is 16.6. The first-order chi connectivity index (χ1) is 36.0. The van der Waals surface area contributed by atoms with Gasteiger partial charge >= 0.3 is 17.9 Å². The second-order valence-electron chi connectivity index (χ2n) is 21.7. The maximum Gasteiger partial charge on any atom is 0.306 e. The van der Waals surface area contributed by atoms with E-state index in [0.29, 0.717) is 19.3 Å². The average Bonchev–Trinajstić information content (AvgIpc) is 3.39. The van der Waals surface area contributed by atoms with E-state index in [4.69, 9.17) is 14.2 Å². The Balaban J connectivity index is 4.10. The van der Waals surface area contributed by atoms with Crippen LogP contribution in [0.2, 0.25) is 0 Å². The van der Waals surface area contributed by atoms with Gasteiger partial charge in [0.05, 0.1) is 0 Å². The summed E-state index contributed by atoms with van der Waals surface area (Å²) in [4.78, 5) is 38.2. The van der Waals surface area contributed by atoms with Crippen LogP contribution in [-0.2, 0) is 28.6 Å². The van der Waals surface area contributed by atoms with Gasteiger partial charge in [0.1, 0.15) is 13.2 Å². The Kier molecular flexibility index (Phi) is 59.7. The van der Waals surface area contributed by atoms with E-state index >= 15 is 0 Å². The summed E-state index contributed by atoms with van der Waals surface area (Å²) in [5.41, 5.74) is 0. The van der Waals surface area contributed by atoms with Gasteiger partial charge < -0.3 is 14.2 Å². The van der Waals surface area contributed by atoms with Gasteiger partial charge in [-0.3, -0.25) is 14.4 Å². The number of allylic oxidation sites excluding steroid dienone is 8. The van der Waals surface area contributed by atoms with Crippen LogP contribution in [0.5, 0.6) is 0 Å². The number of rotatable bonds is 59. The van der Waals surface area contributed by atoms with Crippen molar-refractivity contribution in [3.05, 3.63) is 48.6 Å². The Labute approximate surface area is 454 Å². The van der Waals surface area contributed by atoms with Gasteiger partial charge in [-0.25, -0.2) is 0 Å². The van der Waals surface area contributed by atoms with E-state index in [1.807, 2.05) is 0 Å². The van der Waals surface area contributed by atoms with Gasteiger partial charge in [0.25, 0.3) is 0 Å². The van der Waals surface area contributed by atoms with E-state index in [0.717, 1.165) is 83.5 Å². The van der Waals surface area contributed by atoms with Crippen LogP contribution >= 0.6 is 0 Å². The van der Waals surface area contributed by atoms with Gasteiger partial charge in [-0.05, 0) is 57.8 Å². The van der Waals surface area contributed by atoms with Crippen molar-refractivity contribution in [2.75, 3.05) is 13.2 Å². The highest BCUT2D eigenvalue weighted by Gasteiger charge is 2.19. The standard InChI is InChI=1S/C67H122O6/c1-4-7-10-13-16-19-21-23-25-27-28-29-30-31-32-33-34-35-36-37-38-40-41-43-45-48-51-54-57-60-66(69)72-63-64(62-71-65(68)59-56-53-50-47-18-15-12-9-6-3)73-67(70)61-58-55-52-49-46-44-42-39-26-24-22-20-17-14-11-8-5-2/h7,10,16,19,23,25,28-29,64H,4-6,8-9,11-15,17-18,20-22,24,26-27,30-63H2,1-3H3/b10-7-,19-16-,25-23-,29-28-. The molecule has 0 N–H and O–H groups in total. The number of hydrogen-bond donors (Lipinski definition) is 0. The molecule has 0 aliphatic heterocycles. The van der Waals surface area contributed by atoms with Crippen molar-refractivity contribution in [2.24, 2.45) is 0 Å². The number of carbonyl (C=O) groups excluding carboxylic acids is 3. The molecule has 0 aliphatic rings. The lowest BCUT2D eigenvalue weighted by atomic mass is 10.0. The highest BCUT2D eigenvalue weighted by Crippen LogP contribution is 2.18. The average molecular weight is 1020 g/mol. The van der Waals surface area contributed by atoms with E-state index in [9.17, 15) is 14.4 Å². The quantitative estimate of drug-likeness (QED) is 0.0261. The Bertz CT molecular complexity index is 1270. The molecule has 0 fully saturated rings. The lowest BCUT2D eigenvalue weighted by Gasteiger charge is -2.18. The molecule has 73 heavy (non-hydrogen) atoms. The minimum Gasteiger partial charge on any atom is -0.462 e. The maximum absolute atomic E-state index is 12.9. The third kappa shape index (κ3) is 60.1. The SMILES string of the molecule is CC/C=C\C/C=C\C/C=C\C/C=C\CCCCCCCCCCCCCCCCCCC(=O)OCC(COC(=O)CCCCCCCCCCC)OC(=O)CCCCCCCCCCCCCCCCCCC. The Morgan fingerprint density at radius 1 is 0.288 bits per heavy atom. The molecule has 0 amide bonds. The molecule has 0 saturated heterocycles. The molecule has 0 aromatic heterocycles. The number of carbonyl (C=O) groups is 3. The molecule has 426 valence electrons. The predicted molar refractivity (Wildman–Crippen MR) is 316 cm³/mol. The number of unbranched alkanes of at least 4 members (excludes halogenated alkanes) is 40. The predicted octanol–water partition coefficient (Wildman–Crippen LogP) is 21.8. The fraction of sp³-hybridized carbons (Fsp3) is 0.836. The lowest BCUT2D eigenvalue weighted by Crippen LogP contribution is -2.30. The third-order valence-corrected chi connectivity index (χ3v) is 14.3. The van der Waals surface area contributed by atoms with Gasteiger partial charge in [0.2, 0.25) is 0 Å². The van der Waals surface area contributed by atoms with E-state index < -0.39 is 6.10 Å². The lowest BCUT2D eigenvalue weighted by molar-refractivity contribution is -0.167. The molecule has 6 heteroatoms. The summed E-state index contributed by atoms with van der Waals surface area (Å²) in [6.45, 7) is 6.56. The van der Waals surface area contributed by atoms with Crippen molar-refractivity contribution in [1.82, 2.24) is 0 Å². The minimum atomic E-state index is -0.767. The molecule has 0 radical (unpaired) electrons. The molecule has 0 saturated carbocycles. The van der Waals surface area contributed by atoms with Crippen LogP contribution in [-0.4, -0.2) is 37.2 Å². The second-order valence-corrected chi connectivity index (χ2v) is 21.7. The van der Waals surface area contributed by atoms with Crippen molar-refractivity contribution < 1.29 is 28.6 Å². The summed E-state index contributed by atoms with van der Waals surface area (Å²) in [6.07, 6.45) is 77.1. The van der Waals surface area contributed by atoms with Crippen LogP contribution in [0.15, 0.2) is 48.6 Å². The zero-order valence-electron chi connectivity index (χ0n) is 48.9. The first-order valence-electron chi connectivity index (χ1n) is 32.1. The van der Waals surface area contributed by atoms with Gasteiger partial charge in [-0.2, -0.15) is 0 Å². The number of ether oxygens (including phenoxy) is 3. The maximum atomic E-state index is 12.9. The molecule has 0 rings (SSSR count). The minimum absolute atomic E-state index is 0.0665. The molecule has 0 heterocycles. The van der Waals surface area contributed by atoms with Crippen molar-refractivity contribution in [3.63, 3.8) is 0 Å². The first kappa shape index (κ1) is 70.4. The Morgan fingerprint density at radius 2 is 0.534 bits per heavy atom. The zero-order chi connectivity index (χ0) is 52.9. The summed E-state index contributed by atoms with van der Waals surface area (Å²) in [5.74, 6) is -0.847. The molecule has 0 spiro atoms. The Hall–Kier alpha value is -2.63. The van der Waals surface area contributed by atoms with Crippen LogP contribution in [0.4, 0.5) is 0 Å². The zero-order valence-corrected chi connectivity index (χ0v) is 48.9. The van der Waals surface area contributed by atoms with Crippen molar-refractivity contribution >= 4 is 17.9 Å². The molecule has 0 aromatic rings. The third-order valence-electron chi connectivity index (χ3n) is 14.3. The van der Waals surface area contributed by atoms with E-state index in [1.54, 1.807) is 0 Å². The van der Waals surface area contributed by atoms with Gasteiger partial charge in [0.15, 0.2) is 6.10 Å². The second kappa shape index (κ2) is 61.9. The molecule has 0 bridgehead atoms. The fourth-order valence-electron chi connectivity index (χ4n) is 9.56. The fourth-order valence-corrected chi connectivity index (χ4v) is 9.56. The summed E-state index contributed by atoms with van der Waals surface area (Å²) >= 11 is 0.